The molecule has 0 aliphatic heterocycles. The van der Waals surface area contributed by atoms with Gasteiger partial charge in [-0.15, -0.1) is 0 Å². The summed E-state index contributed by atoms with van der Waals surface area (Å²) in [7, 11) is 0. The summed E-state index contributed by atoms with van der Waals surface area (Å²) in [6.07, 6.45) is -0.342. The van der Waals surface area contributed by atoms with E-state index in [2.05, 4.69) is 36.5 Å². The van der Waals surface area contributed by atoms with Crippen LogP contribution in [0.4, 0.5) is 0 Å². The van der Waals surface area contributed by atoms with Crippen LogP contribution in [0.2, 0.25) is 0 Å². The molecule has 0 saturated heterocycles. The van der Waals surface area contributed by atoms with E-state index in [4.69, 9.17) is 4.74 Å². The topological polar surface area (TPSA) is 41.5 Å². The Kier molecular flexibility index (Phi) is 5.78. The molecule has 2 rings (SSSR count). The molecular formula is C18H23NO2. The minimum absolute atomic E-state index is 0.342. The third-order valence-electron chi connectivity index (χ3n) is 3.24. The predicted octanol–water partition coefficient (Wildman–Crippen LogP) is 3.04. The van der Waals surface area contributed by atoms with Crippen molar-refractivity contribution in [3.05, 3.63) is 65.2 Å². The Morgan fingerprint density at radius 3 is 2.52 bits per heavy atom. The van der Waals surface area contributed by atoms with Gasteiger partial charge in [-0.05, 0) is 25.5 Å². The molecule has 112 valence electrons. The largest absolute Gasteiger partial charge is 0.489 e. The van der Waals surface area contributed by atoms with Gasteiger partial charge in [-0.25, -0.2) is 0 Å². The second-order valence-electron chi connectivity index (χ2n) is 5.36. The number of aliphatic hydroxyl groups excluding tert-OH is 1. The van der Waals surface area contributed by atoms with Crippen molar-refractivity contribution >= 4 is 0 Å². The molecule has 0 aliphatic rings. The maximum atomic E-state index is 9.28. The molecule has 21 heavy (non-hydrogen) atoms. The van der Waals surface area contributed by atoms with Crippen molar-refractivity contribution in [2.75, 3.05) is 6.54 Å². The maximum Gasteiger partial charge on any atom is 0.124 e. The fraction of sp³-hybridized carbons (Fsp3) is 0.333. The average Bonchev–Trinajstić information content (AvgIpc) is 2.47. The van der Waals surface area contributed by atoms with Gasteiger partial charge in [0.2, 0.25) is 0 Å². The SMILES string of the molecule is Cc1ccc(COc2ccccc2CNC[C@@H](C)O)cc1. The molecular weight excluding hydrogens is 262 g/mol. The van der Waals surface area contributed by atoms with Gasteiger partial charge >= 0.3 is 0 Å². The number of benzene rings is 2. The number of para-hydroxylation sites is 1. The van der Waals surface area contributed by atoms with Crippen LogP contribution in [-0.2, 0) is 13.2 Å². The van der Waals surface area contributed by atoms with E-state index < -0.39 is 0 Å². The molecule has 0 radical (unpaired) electrons. The van der Waals surface area contributed by atoms with Crippen LogP contribution in [0.1, 0.15) is 23.6 Å². The van der Waals surface area contributed by atoms with E-state index in [0.717, 1.165) is 16.9 Å². The fourth-order valence-electron chi connectivity index (χ4n) is 2.05. The van der Waals surface area contributed by atoms with Crippen molar-refractivity contribution < 1.29 is 9.84 Å². The molecule has 0 fully saturated rings. The smallest absolute Gasteiger partial charge is 0.124 e. The Bertz CT molecular complexity index is 549. The van der Waals surface area contributed by atoms with Crippen molar-refractivity contribution in [1.82, 2.24) is 5.32 Å². The Morgan fingerprint density at radius 1 is 1.10 bits per heavy atom. The Morgan fingerprint density at radius 2 is 1.81 bits per heavy atom. The standard InChI is InChI=1S/C18H23NO2/c1-14-7-9-16(10-8-14)13-21-18-6-4-3-5-17(18)12-19-11-15(2)20/h3-10,15,19-20H,11-13H2,1-2H3/t15-/m1/s1. The van der Waals surface area contributed by atoms with E-state index in [1.165, 1.54) is 5.56 Å². The first-order valence-electron chi connectivity index (χ1n) is 7.30. The lowest BCUT2D eigenvalue weighted by atomic mass is 10.1. The molecule has 0 bridgehead atoms. The molecule has 0 saturated carbocycles. The average molecular weight is 285 g/mol. The number of aliphatic hydroxyl groups is 1. The lowest BCUT2D eigenvalue weighted by Gasteiger charge is -2.13. The van der Waals surface area contributed by atoms with Gasteiger partial charge in [-0.3, -0.25) is 0 Å². The summed E-state index contributed by atoms with van der Waals surface area (Å²) in [6, 6.07) is 16.4. The number of aryl methyl sites for hydroxylation is 1. The first-order valence-corrected chi connectivity index (χ1v) is 7.30. The number of rotatable bonds is 7. The highest BCUT2D eigenvalue weighted by Crippen LogP contribution is 2.19. The summed E-state index contributed by atoms with van der Waals surface area (Å²) < 4.78 is 5.92. The van der Waals surface area contributed by atoms with Crippen LogP contribution in [0, 0.1) is 6.92 Å². The van der Waals surface area contributed by atoms with E-state index in [1.54, 1.807) is 6.92 Å². The first kappa shape index (κ1) is 15.5. The molecule has 0 aliphatic carbocycles. The van der Waals surface area contributed by atoms with Crippen LogP contribution >= 0.6 is 0 Å². The Labute approximate surface area is 126 Å². The second-order valence-corrected chi connectivity index (χ2v) is 5.36. The lowest BCUT2D eigenvalue weighted by Crippen LogP contribution is -2.24. The molecule has 2 aromatic carbocycles. The molecule has 2 aromatic rings. The van der Waals surface area contributed by atoms with E-state index in [9.17, 15) is 5.11 Å². The van der Waals surface area contributed by atoms with Crippen LogP contribution in [-0.4, -0.2) is 17.8 Å². The van der Waals surface area contributed by atoms with Gasteiger partial charge in [0.1, 0.15) is 12.4 Å². The lowest BCUT2D eigenvalue weighted by molar-refractivity contribution is 0.190. The van der Waals surface area contributed by atoms with Gasteiger partial charge in [-0.2, -0.15) is 0 Å². The van der Waals surface area contributed by atoms with Gasteiger partial charge in [0.25, 0.3) is 0 Å². The van der Waals surface area contributed by atoms with Crippen molar-refractivity contribution in [2.45, 2.75) is 33.1 Å². The summed E-state index contributed by atoms with van der Waals surface area (Å²) in [5.74, 6) is 0.885. The number of nitrogens with one attached hydrogen (secondary N) is 1. The highest BCUT2D eigenvalue weighted by atomic mass is 16.5. The third kappa shape index (κ3) is 5.21. The van der Waals surface area contributed by atoms with E-state index >= 15 is 0 Å². The van der Waals surface area contributed by atoms with Gasteiger partial charge in [0.15, 0.2) is 0 Å². The normalized spacial score (nSPS) is 12.1. The zero-order chi connectivity index (χ0) is 15.1. The van der Waals surface area contributed by atoms with Crippen LogP contribution in [0.15, 0.2) is 48.5 Å². The zero-order valence-electron chi connectivity index (χ0n) is 12.7. The van der Waals surface area contributed by atoms with E-state index in [1.807, 2.05) is 24.3 Å². The quantitative estimate of drug-likeness (QED) is 0.821. The molecule has 1 atom stereocenters. The number of hydrogen-bond donors (Lipinski definition) is 2. The highest BCUT2D eigenvalue weighted by Gasteiger charge is 2.04. The van der Waals surface area contributed by atoms with Crippen LogP contribution < -0.4 is 10.1 Å². The first-order chi connectivity index (χ1) is 10.1. The minimum atomic E-state index is -0.342. The highest BCUT2D eigenvalue weighted by molar-refractivity contribution is 5.33. The van der Waals surface area contributed by atoms with Crippen LogP contribution in [0.3, 0.4) is 0 Å². The second kappa shape index (κ2) is 7.81. The summed E-state index contributed by atoms with van der Waals surface area (Å²) >= 11 is 0. The van der Waals surface area contributed by atoms with Gasteiger partial charge in [-0.1, -0.05) is 48.0 Å². The summed E-state index contributed by atoms with van der Waals surface area (Å²) in [6.45, 7) is 5.68. The van der Waals surface area contributed by atoms with E-state index in [-0.39, 0.29) is 6.10 Å². The summed E-state index contributed by atoms with van der Waals surface area (Å²) in [5.41, 5.74) is 3.51. The van der Waals surface area contributed by atoms with Crippen molar-refractivity contribution in [3.8, 4) is 5.75 Å². The predicted molar refractivity (Wildman–Crippen MR) is 85.3 cm³/mol. The molecule has 0 aromatic heterocycles. The fourth-order valence-corrected chi connectivity index (χ4v) is 2.05. The van der Waals surface area contributed by atoms with Crippen LogP contribution in [0.25, 0.3) is 0 Å². The number of ether oxygens (including phenoxy) is 1. The van der Waals surface area contributed by atoms with E-state index in [0.29, 0.717) is 19.7 Å². The summed E-state index contributed by atoms with van der Waals surface area (Å²) in [5, 5.41) is 12.5. The molecule has 2 N–H and O–H groups in total. The minimum Gasteiger partial charge on any atom is -0.489 e. The van der Waals surface area contributed by atoms with Gasteiger partial charge in [0, 0.05) is 18.7 Å². The molecule has 0 spiro atoms. The van der Waals surface area contributed by atoms with Crippen molar-refractivity contribution in [2.24, 2.45) is 0 Å². The van der Waals surface area contributed by atoms with Gasteiger partial charge in [0.05, 0.1) is 6.10 Å². The molecule has 0 heterocycles. The van der Waals surface area contributed by atoms with Crippen molar-refractivity contribution in [1.29, 1.82) is 0 Å². The molecule has 0 amide bonds. The maximum absolute atomic E-state index is 9.28. The van der Waals surface area contributed by atoms with Crippen molar-refractivity contribution in [3.63, 3.8) is 0 Å². The third-order valence-corrected chi connectivity index (χ3v) is 3.24. The Hall–Kier alpha value is -1.84. The van der Waals surface area contributed by atoms with Crippen LogP contribution in [0.5, 0.6) is 5.75 Å². The monoisotopic (exact) mass is 285 g/mol. The number of hydrogen-bond acceptors (Lipinski definition) is 3. The van der Waals surface area contributed by atoms with Gasteiger partial charge < -0.3 is 15.2 Å². The molecule has 0 unspecified atom stereocenters. The Balaban J connectivity index is 1.94. The zero-order valence-corrected chi connectivity index (χ0v) is 12.7. The molecule has 3 heteroatoms. The molecule has 3 nitrogen and oxygen atoms in total. The summed E-state index contributed by atoms with van der Waals surface area (Å²) in [4.78, 5) is 0.